The predicted molar refractivity (Wildman–Crippen MR) is 83.4 cm³/mol. The van der Waals surface area contributed by atoms with Crippen LogP contribution in [0, 0.1) is 0 Å². The molecule has 1 aromatic rings. The molecule has 3 rings (SSSR count). The van der Waals surface area contributed by atoms with Crippen LogP contribution in [0.4, 0.5) is 11.4 Å². The number of benzene rings is 1. The van der Waals surface area contributed by atoms with E-state index in [0.717, 1.165) is 24.5 Å². The maximum atomic E-state index is 5.96. The van der Waals surface area contributed by atoms with E-state index >= 15 is 0 Å². The minimum Gasteiger partial charge on any atom is -0.497 e. The Morgan fingerprint density at radius 3 is 2.65 bits per heavy atom. The fraction of sp³-hybridized carbons (Fsp3) is 0.625. The maximum absolute atomic E-state index is 5.96. The fourth-order valence-corrected chi connectivity index (χ4v) is 3.46. The van der Waals surface area contributed by atoms with Crippen LogP contribution in [0.3, 0.4) is 0 Å². The highest BCUT2D eigenvalue weighted by Gasteiger charge is 2.28. The van der Waals surface area contributed by atoms with Gasteiger partial charge in [0.05, 0.1) is 7.11 Å². The Bertz CT molecular complexity index is 457. The van der Waals surface area contributed by atoms with Crippen molar-refractivity contribution in [1.29, 1.82) is 0 Å². The molecule has 2 saturated heterocycles. The SMILES string of the molecule is COc1cc(N)cc(N2CCC(N3CCCCC3)C2)c1. The summed E-state index contributed by atoms with van der Waals surface area (Å²) in [4.78, 5) is 5.12. The molecule has 0 aliphatic carbocycles. The molecule has 2 aliphatic rings. The summed E-state index contributed by atoms with van der Waals surface area (Å²) in [6.07, 6.45) is 5.39. The van der Waals surface area contributed by atoms with Crippen molar-refractivity contribution in [3.05, 3.63) is 18.2 Å². The molecule has 1 atom stereocenters. The summed E-state index contributed by atoms with van der Waals surface area (Å²) in [6, 6.07) is 6.74. The monoisotopic (exact) mass is 275 g/mol. The molecule has 0 spiro atoms. The van der Waals surface area contributed by atoms with Crippen LogP contribution in [0.1, 0.15) is 25.7 Å². The lowest BCUT2D eigenvalue weighted by atomic mass is 10.1. The third kappa shape index (κ3) is 2.85. The van der Waals surface area contributed by atoms with Gasteiger partial charge in [-0.3, -0.25) is 4.90 Å². The number of piperidine rings is 1. The van der Waals surface area contributed by atoms with Crippen LogP contribution in [-0.2, 0) is 0 Å². The van der Waals surface area contributed by atoms with Gasteiger partial charge in [-0.05, 0) is 38.4 Å². The molecular formula is C16H25N3O. The highest BCUT2D eigenvalue weighted by molar-refractivity contribution is 5.61. The average Bonchev–Trinajstić information content (AvgIpc) is 2.97. The van der Waals surface area contributed by atoms with E-state index in [1.54, 1.807) is 7.11 Å². The molecule has 4 heteroatoms. The smallest absolute Gasteiger partial charge is 0.122 e. The number of ether oxygens (including phenoxy) is 1. The topological polar surface area (TPSA) is 41.7 Å². The Morgan fingerprint density at radius 1 is 1.10 bits per heavy atom. The average molecular weight is 275 g/mol. The summed E-state index contributed by atoms with van der Waals surface area (Å²) in [5.74, 6) is 0.849. The van der Waals surface area contributed by atoms with Crippen LogP contribution in [-0.4, -0.2) is 44.2 Å². The lowest BCUT2D eigenvalue weighted by Gasteiger charge is -2.32. The lowest BCUT2D eigenvalue weighted by Crippen LogP contribution is -2.40. The van der Waals surface area contributed by atoms with Crippen molar-refractivity contribution in [3.63, 3.8) is 0 Å². The number of rotatable bonds is 3. The van der Waals surface area contributed by atoms with Gasteiger partial charge in [-0.1, -0.05) is 6.42 Å². The highest BCUT2D eigenvalue weighted by Crippen LogP contribution is 2.29. The molecule has 1 aromatic carbocycles. The Hall–Kier alpha value is -1.42. The minimum atomic E-state index is 0.711. The molecule has 0 aromatic heterocycles. The molecule has 4 nitrogen and oxygen atoms in total. The van der Waals surface area contributed by atoms with Crippen LogP contribution in [0.15, 0.2) is 18.2 Å². The van der Waals surface area contributed by atoms with Crippen LogP contribution >= 0.6 is 0 Å². The van der Waals surface area contributed by atoms with Gasteiger partial charge >= 0.3 is 0 Å². The summed E-state index contributed by atoms with van der Waals surface area (Å²) in [7, 11) is 1.69. The highest BCUT2D eigenvalue weighted by atomic mass is 16.5. The van der Waals surface area contributed by atoms with Crippen molar-refractivity contribution >= 4 is 11.4 Å². The Kier molecular flexibility index (Phi) is 4.01. The number of nitrogens with two attached hydrogens (primary N) is 1. The second kappa shape index (κ2) is 5.92. The van der Waals surface area contributed by atoms with E-state index in [9.17, 15) is 0 Å². The molecule has 110 valence electrons. The molecule has 0 amide bonds. The third-order valence-corrected chi connectivity index (χ3v) is 4.58. The van der Waals surface area contributed by atoms with Crippen LogP contribution in [0.25, 0.3) is 0 Å². The van der Waals surface area contributed by atoms with Gasteiger partial charge in [0.1, 0.15) is 5.75 Å². The summed E-state index contributed by atoms with van der Waals surface area (Å²) in [5, 5.41) is 0. The van der Waals surface area contributed by atoms with E-state index in [1.165, 1.54) is 44.5 Å². The first-order valence-corrected chi connectivity index (χ1v) is 7.70. The minimum absolute atomic E-state index is 0.711. The van der Waals surface area contributed by atoms with Crippen molar-refractivity contribution in [3.8, 4) is 5.75 Å². The predicted octanol–water partition coefficient (Wildman–Crippen LogP) is 2.34. The number of anilines is 2. The van der Waals surface area contributed by atoms with Crippen molar-refractivity contribution in [2.45, 2.75) is 31.7 Å². The van der Waals surface area contributed by atoms with Gasteiger partial charge < -0.3 is 15.4 Å². The van der Waals surface area contributed by atoms with Gasteiger partial charge in [-0.15, -0.1) is 0 Å². The number of hydrogen-bond acceptors (Lipinski definition) is 4. The van der Waals surface area contributed by atoms with E-state index in [1.807, 2.05) is 6.07 Å². The lowest BCUT2D eigenvalue weighted by molar-refractivity contribution is 0.175. The molecule has 2 aliphatic heterocycles. The van der Waals surface area contributed by atoms with Crippen molar-refractivity contribution in [1.82, 2.24) is 4.90 Å². The van der Waals surface area contributed by atoms with Crippen molar-refractivity contribution in [2.75, 3.05) is 43.9 Å². The zero-order valence-electron chi connectivity index (χ0n) is 12.3. The van der Waals surface area contributed by atoms with Gasteiger partial charge in [-0.25, -0.2) is 0 Å². The molecule has 1 unspecified atom stereocenters. The summed E-state index contributed by atoms with van der Waals surface area (Å²) < 4.78 is 5.32. The fourth-order valence-electron chi connectivity index (χ4n) is 3.46. The number of hydrogen-bond donors (Lipinski definition) is 1. The molecule has 2 heterocycles. The van der Waals surface area contributed by atoms with Gasteiger partial charge in [0.25, 0.3) is 0 Å². The largest absolute Gasteiger partial charge is 0.497 e. The second-order valence-electron chi connectivity index (χ2n) is 5.95. The molecule has 2 fully saturated rings. The Labute approximate surface area is 121 Å². The summed E-state index contributed by atoms with van der Waals surface area (Å²) in [6.45, 7) is 4.79. The molecule has 0 bridgehead atoms. The van der Waals surface area contributed by atoms with Crippen molar-refractivity contribution in [2.24, 2.45) is 0 Å². The first-order valence-electron chi connectivity index (χ1n) is 7.70. The van der Waals surface area contributed by atoms with E-state index in [-0.39, 0.29) is 0 Å². The Balaban J connectivity index is 1.68. The normalized spacial score (nSPS) is 24.1. The number of nitrogens with zero attached hydrogens (tertiary/aromatic N) is 2. The van der Waals surface area contributed by atoms with Gasteiger partial charge in [0.15, 0.2) is 0 Å². The quantitative estimate of drug-likeness (QED) is 0.860. The van der Waals surface area contributed by atoms with Crippen molar-refractivity contribution < 1.29 is 4.74 Å². The number of likely N-dealkylation sites (tertiary alicyclic amines) is 1. The van der Waals surface area contributed by atoms with Crippen LogP contribution in [0.2, 0.25) is 0 Å². The van der Waals surface area contributed by atoms with Gasteiger partial charge in [0, 0.05) is 42.6 Å². The van der Waals surface area contributed by atoms with Crippen LogP contribution in [0.5, 0.6) is 5.75 Å². The molecule has 20 heavy (non-hydrogen) atoms. The Morgan fingerprint density at radius 2 is 1.90 bits per heavy atom. The van der Waals surface area contributed by atoms with Crippen LogP contribution < -0.4 is 15.4 Å². The van der Waals surface area contributed by atoms with E-state index in [2.05, 4.69) is 21.9 Å². The van der Waals surface area contributed by atoms with Gasteiger partial charge in [0.2, 0.25) is 0 Å². The van der Waals surface area contributed by atoms with Gasteiger partial charge in [-0.2, -0.15) is 0 Å². The molecule has 0 radical (unpaired) electrons. The molecular weight excluding hydrogens is 250 g/mol. The number of methoxy groups -OCH3 is 1. The summed E-state index contributed by atoms with van der Waals surface area (Å²) >= 11 is 0. The zero-order chi connectivity index (χ0) is 13.9. The number of nitrogen functional groups attached to an aromatic ring is 1. The zero-order valence-corrected chi connectivity index (χ0v) is 12.3. The maximum Gasteiger partial charge on any atom is 0.122 e. The molecule has 2 N–H and O–H groups in total. The second-order valence-corrected chi connectivity index (χ2v) is 5.95. The standard InChI is InChI=1S/C16H25N3O/c1-20-16-10-13(17)9-15(11-16)19-8-5-14(12-19)18-6-3-2-4-7-18/h9-11,14H,2-8,12,17H2,1H3. The van der Waals surface area contributed by atoms with E-state index in [4.69, 9.17) is 10.5 Å². The van der Waals surface area contributed by atoms with E-state index < -0.39 is 0 Å². The first-order chi connectivity index (χ1) is 9.76. The third-order valence-electron chi connectivity index (χ3n) is 4.58. The first kappa shape index (κ1) is 13.6. The summed E-state index contributed by atoms with van der Waals surface area (Å²) in [5.41, 5.74) is 7.94. The van der Waals surface area contributed by atoms with E-state index in [0.29, 0.717) is 6.04 Å². The molecule has 0 saturated carbocycles.